The van der Waals surface area contributed by atoms with E-state index >= 15 is 0 Å². The van der Waals surface area contributed by atoms with Crippen molar-refractivity contribution in [3.8, 4) is 0 Å². The fraction of sp³-hybridized carbons (Fsp3) is 0.606. The van der Waals surface area contributed by atoms with Crippen molar-refractivity contribution in [3.05, 3.63) is 59.2 Å². The number of benzene rings is 1. The number of aliphatic hydroxyl groups excluding tert-OH is 2. The molecular formula is C33H45NO7. The number of esters is 2. The van der Waals surface area contributed by atoms with Crippen LogP contribution in [0.2, 0.25) is 0 Å². The lowest BCUT2D eigenvalue weighted by Gasteiger charge is -2.58. The third-order valence-electron chi connectivity index (χ3n) is 10.1. The minimum absolute atomic E-state index is 0.123. The largest absolute Gasteiger partial charge is 0.458 e. The van der Waals surface area contributed by atoms with Gasteiger partial charge in [-0.3, -0.25) is 14.4 Å². The highest BCUT2D eigenvalue weighted by Gasteiger charge is 2.61. The number of nitrogens with zero attached hydrogens (tertiary/aromatic N) is 1. The maximum Gasteiger partial charge on any atom is 0.308 e. The number of allylic oxidation sites excluding steroid dienone is 1. The predicted molar refractivity (Wildman–Crippen MR) is 155 cm³/mol. The highest BCUT2D eigenvalue weighted by Crippen LogP contribution is 2.59. The number of carbonyl (C=O) groups excluding carboxylic acids is 3. The second-order valence-electron chi connectivity index (χ2n) is 13.1. The average Bonchev–Trinajstić information content (AvgIpc) is 2.89. The Hall–Kier alpha value is -2.81. The minimum Gasteiger partial charge on any atom is -0.458 e. The van der Waals surface area contributed by atoms with Gasteiger partial charge in [0.1, 0.15) is 12.2 Å². The SMILES string of the molecule is C=C1[C@@H](OC(=O)C[C@H](c2ccccc2)N(C)C)CC[C@]2(C)[C@@H](O)[C@H](OC(C)=O)C3=C(C)C(=O)C[C@H]([C@@H](O)[C@H]12)C3(C)C. The zero-order valence-corrected chi connectivity index (χ0v) is 25.3. The van der Waals surface area contributed by atoms with E-state index in [1.807, 2.05) is 70.1 Å². The third-order valence-corrected chi connectivity index (χ3v) is 10.1. The Labute approximate surface area is 243 Å². The van der Waals surface area contributed by atoms with Gasteiger partial charge in [-0.15, -0.1) is 0 Å². The van der Waals surface area contributed by atoms with Crippen LogP contribution in [0.25, 0.3) is 0 Å². The van der Waals surface area contributed by atoms with Crippen LogP contribution in [0.1, 0.15) is 71.9 Å². The number of Topliss-reactive ketones (excluding diaryl/α,β-unsaturated/α-hetero) is 1. The molecule has 8 nitrogen and oxygen atoms in total. The zero-order valence-electron chi connectivity index (χ0n) is 25.3. The van der Waals surface area contributed by atoms with Gasteiger partial charge in [-0.25, -0.2) is 0 Å². The first-order valence-corrected chi connectivity index (χ1v) is 14.5. The van der Waals surface area contributed by atoms with E-state index < -0.39 is 53.1 Å². The molecule has 0 radical (unpaired) electrons. The molecule has 4 rings (SSSR count). The molecule has 2 fully saturated rings. The fourth-order valence-electron chi connectivity index (χ4n) is 7.73. The molecule has 2 saturated carbocycles. The highest BCUT2D eigenvalue weighted by atomic mass is 16.6. The molecule has 0 amide bonds. The van der Waals surface area contributed by atoms with Crippen molar-refractivity contribution < 1.29 is 34.1 Å². The summed E-state index contributed by atoms with van der Waals surface area (Å²) in [4.78, 5) is 40.7. The maximum atomic E-state index is 13.3. The summed E-state index contributed by atoms with van der Waals surface area (Å²) in [5.74, 6) is -2.29. The van der Waals surface area contributed by atoms with Gasteiger partial charge in [0.25, 0.3) is 0 Å². The Morgan fingerprint density at radius 1 is 1.12 bits per heavy atom. The number of hydrogen-bond acceptors (Lipinski definition) is 8. The molecule has 0 spiro atoms. The number of ketones is 1. The van der Waals surface area contributed by atoms with Gasteiger partial charge in [0.2, 0.25) is 0 Å². The fourth-order valence-corrected chi connectivity index (χ4v) is 7.73. The summed E-state index contributed by atoms with van der Waals surface area (Å²) in [6.07, 6.45) is -2.90. The quantitative estimate of drug-likeness (QED) is 0.389. The van der Waals surface area contributed by atoms with Crippen LogP contribution in [0.3, 0.4) is 0 Å². The van der Waals surface area contributed by atoms with Crippen LogP contribution in [-0.2, 0) is 23.9 Å². The second kappa shape index (κ2) is 11.5. The van der Waals surface area contributed by atoms with Crippen molar-refractivity contribution in [2.75, 3.05) is 14.1 Å². The van der Waals surface area contributed by atoms with Crippen LogP contribution in [0.5, 0.6) is 0 Å². The number of fused-ring (bicyclic) bond motifs is 3. The molecule has 1 aromatic carbocycles. The molecule has 224 valence electrons. The van der Waals surface area contributed by atoms with E-state index in [4.69, 9.17) is 9.47 Å². The van der Waals surface area contributed by atoms with Gasteiger partial charge in [0.15, 0.2) is 11.9 Å². The van der Waals surface area contributed by atoms with Crippen molar-refractivity contribution >= 4 is 17.7 Å². The standard InChI is InChI=1S/C33H45NO7/c1-18-24(36)16-22-29(38)27-19(2)25(41-26(37)17-23(34(7)8)21-12-10-9-11-13-21)14-15-33(27,6)31(39)30(40-20(3)35)28(18)32(22,4)5/h9-13,22-23,25,27,29-31,38-39H,2,14-17H2,1,3-8H3/t22-,23-,25+,27+,29-,30-,31+,33+/m1/s1. The topological polar surface area (TPSA) is 113 Å². The van der Waals surface area contributed by atoms with Gasteiger partial charge < -0.3 is 24.6 Å². The third kappa shape index (κ3) is 5.54. The molecule has 41 heavy (non-hydrogen) atoms. The molecular weight excluding hydrogens is 522 g/mol. The van der Waals surface area contributed by atoms with Crippen LogP contribution < -0.4 is 0 Å². The molecule has 0 aliphatic heterocycles. The van der Waals surface area contributed by atoms with Crippen LogP contribution >= 0.6 is 0 Å². The molecule has 8 heteroatoms. The van der Waals surface area contributed by atoms with E-state index in [9.17, 15) is 24.6 Å². The highest BCUT2D eigenvalue weighted by molar-refractivity contribution is 5.97. The van der Waals surface area contributed by atoms with E-state index in [-0.39, 0.29) is 30.6 Å². The van der Waals surface area contributed by atoms with Gasteiger partial charge in [0.05, 0.1) is 12.5 Å². The smallest absolute Gasteiger partial charge is 0.308 e. The molecule has 3 aliphatic carbocycles. The van der Waals surface area contributed by atoms with E-state index in [1.54, 1.807) is 6.92 Å². The summed E-state index contributed by atoms with van der Waals surface area (Å²) in [7, 11) is 3.83. The lowest BCUT2D eigenvalue weighted by Crippen LogP contribution is -2.62. The Morgan fingerprint density at radius 2 is 1.76 bits per heavy atom. The Balaban J connectivity index is 1.67. The lowest BCUT2D eigenvalue weighted by molar-refractivity contribution is -0.180. The van der Waals surface area contributed by atoms with Gasteiger partial charge in [-0.1, -0.05) is 57.7 Å². The maximum absolute atomic E-state index is 13.3. The summed E-state index contributed by atoms with van der Waals surface area (Å²) >= 11 is 0. The molecule has 0 heterocycles. The van der Waals surface area contributed by atoms with Crippen molar-refractivity contribution in [1.29, 1.82) is 0 Å². The van der Waals surface area contributed by atoms with E-state index in [0.29, 0.717) is 29.6 Å². The second-order valence-corrected chi connectivity index (χ2v) is 13.1. The lowest BCUT2D eigenvalue weighted by atomic mass is 9.49. The molecule has 0 saturated heterocycles. The molecule has 1 aromatic rings. The number of ether oxygens (including phenoxy) is 2. The summed E-state index contributed by atoms with van der Waals surface area (Å²) in [6, 6.07) is 9.58. The minimum atomic E-state index is -1.22. The Kier molecular flexibility index (Phi) is 8.70. The van der Waals surface area contributed by atoms with Gasteiger partial charge in [-0.05, 0) is 61.6 Å². The summed E-state index contributed by atoms with van der Waals surface area (Å²) < 4.78 is 11.8. The van der Waals surface area contributed by atoms with Crippen molar-refractivity contribution in [3.63, 3.8) is 0 Å². The van der Waals surface area contributed by atoms with Crippen LogP contribution in [-0.4, -0.2) is 71.3 Å². The number of rotatable bonds is 6. The Bertz CT molecular complexity index is 1240. The van der Waals surface area contributed by atoms with Gasteiger partial charge in [0, 0.05) is 36.6 Å². The molecule has 8 atom stereocenters. The first-order valence-electron chi connectivity index (χ1n) is 14.5. The summed E-state index contributed by atoms with van der Waals surface area (Å²) in [6.45, 7) is 13.0. The molecule has 3 aliphatic rings. The summed E-state index contributed by atoms with van der Waals surface area (Å²) in [5.41, 5.74) is 0.854. The molecule has 0 unspecified atom stereocenters. The van der Waals surface area contributed by atoms with Crippen molar-refractivity contribution in [1.82, 2.24) is 4.90 Å². The average molecular weight is 568 g/mol. The van der Waals surface area contributed by atoms with E-state index in [0.717, 1.165) is 5.56 Å². The van der Waals surface area contributed by atoms with Gasteiger partial charge in [-0.2, -0.15) is 0 Å². The van der Waals surface area contributed by atoms with Crippen LogP contribution in [0.4, 0.5) is 0 Å². The zero-order chi connectivity index (χ0) is 30.4. The number of aliphatic hydroxyl groups is 2. The predicted octanol–water partition coefficient (Wildman–Crippen LogP) is 4.16. The summed E-state index contributed by atoms with van der Waals surface area (Å²) in [5, 5.41) is 23.9. The molecule has 2 N–H and O–H groups in total. The first kappa shape index (κ1) is 31.1. The van der Waals surface area contributed by atoms with Crippen molar-refractivity contribution in [2.45, 2.75) is 90.8 Å². The van der Waals surface area contributed by atoms with E-state index in [1.165, 1.54) is 6.92 Å². The molecule has 2 bridgehead atoms. The van der Waals surface area contributed by atoms with Crippen LogP contribution in [0, 0.1) is 22.7 Å². The van der Waals surface area contributed by atoms with Gasteiger partial charge >= 0.3 is 11.9 Å². The Morgan fingerprint density at radius 3 is 2.34 bits per heavy atom. The molecule has 0 aromatic heterocycles. The normalized spacial score (nSPS) is 33.9. The van der Waals surface area contributed by atoms with Crippen LogP contribution in [0.15, 0.2) is 53.6 Å². The van der Waals surface area contributed by atoms with Crippen molar-refractivity contribution in [2.24, 2.45) is 22.7 Å². The monoisotopic (exact) mass is 567 g/mol. The first-order chi connectivity index (χ1) is 19.1. The van der Waals surface area contributed by atoms with E-state index in [2.05, 4.69) is 6.58 Å². The number of carbonyl (C=O) groups is 3. The number of hydrogen-bond donors (Lipinski definition) is 2.